The predicted molar refractivity (Wildman–Crippen MR) is 50.1 cm³/mol. The van der Waals surface area contributed by atoms with E-state index in [1.54, 1.807) is 6.08 Å². The molecule has 1 saturated heterocycles. The Balaban J connectivity index is 2.22. The topological polar surface area (TPSA) is 87.0 Å². The van der Waals surface area contributed by atoms with Gasteiger partial charge in [-0.2, -0.15) is 0 Å². The first kappa shape index (κ1) is 10.6. The molecule has 0 bridgehead atoms. The van der Waals surface area contributed by atoms with Gasteiger partial charge in [-0.05, 0) is 5.57 Å². The first-order valence-corrected chi connectivity index (χ1v) is 4.95. The molecule has 4 unspecified atom stereocenters. The SMILES string of the molecule is O=C(O)C1COCC2C(CO)=CC(O)C12. The van der Waals surface area contributed by atoms with Crippen LogP contribution in [0, 0.1) is 17.8 Å². The highest BCUT2D eigenvalue weighted by molar-refractivity contribution is 5.71. The molecule has 4 atom stereocenters. The Labute approximate surface area is 87.0 Å². The van der Waals surface area contributed by atoms with E-state index in [1.165, 1.54) is 0 Å². The number of ether oxygens (including phenoxy) is 1. The summed E-state index contributed by atoms with van der Waals surface area (Å²) in [5.74, 6) is -2.13. The third-order valence-corrected chi connectivity index (χ3v) is 3.28. The fourth-order valence-electron chi connectivity index (χ4n) is 2.51. The molecule has 1 aliphatic carbocycles. The van der Waals surface area contributed by atoms with Crippen LogP contribution in [0.4, 0.5) is 0 Å². The van der Waals surface area contributed by atoms with Crippen LogP contribution >= 0.6 is 0 Å². The first-order chi connectivity index (χ1) is 7.15. The van der Waals surface area contributed by atoms with Crippen LogP contribution in [-0.2, 0) is 9.53 Å². The van der Waals surface area contributed by atoms with Gasteiger partial charge in [-0.1, -0.05) is 6.08 Å². The van der Waals surface area contributed by atoms with E-state index in [0.717, 1.165) is 0 Å². The van der Waals surface area contributed by atoms with Crippen LogP contribution in [-0.4, -0.2) is 47.2 Å². The zero-order valence-corrected chi connectivity index (χ0v) is 8.17. The molecular formula is C10H14O5. The van der Waals surface area contributed by atoms with Crippen LogP contribution < -0.4 is 0 Å². The zero-order chi connectivity index (χ0) is 11.0. The number of carboxylic acids is 1. The Hall–Kier alpha value is -0.910. The van der Waals surface area contributed by atoms with Crippen LogP contribution in [0.1, 0.15) is 0 Å². The number of hydrogen-bond donors (Lipinski definition) is 3. The van der Waals surface area contributed by atoms with Gasteiger partial charge in [0, 0.05) is 11.8 Å². The van der Waals surface area contributed by atoms with Gasteiger partial charge >= 0.3 is 5.97 Å². The molecule has 2 rings (SSSR count). The zero-order valence-electron chi connectivity index (χ0n) is 8.17. The van der Waals surface area contributed by atoms with Gasteiger partial charge in [0.05, 0.1) is 31.8 Å². The van der Waals surface area contributed by atoms with E-state index in [1.807, 2.05) is 0 Å². The lowest BCUT2D eigenvalue weighted by Gasteiger charge is -2.34. The molecule has 15 heavy (non-hydrogen) atoms. The lowest BCUT2D eigenvalue weighted by molar-refractivity contribution is -0.154. The molecule has 5 nitrogen and oxygen atoms in total. The van der Waals surface area contributed by atoms with Crippen LogP contribution in [0.2, 0.25) is 0 Å². The molecule has 0 aromatic carbocycles. The lowest BCUT2D eigenvalue weighted by Crippen LogP contribution is -2.43. The maximum absolute atomic E-state index is 11.0. The van der Waals surface area contributed by atoms with Crippen LogP contribution in [0.3, 0.4) is 0 Å². The maximum atomic E-state index is 11.0. The average molecular weight is 214 g/mol. The van der Waals surface area contributed by atoms with Gasteiger partial charge in [0.2, 0.25) is 0 Å². The second-order valence-corrected chi connectivity index (χ2v) is 4.06. The van der Waals surface area contributed by atoms with Crippen molar-refractivity contribution in [1.82, 2.24) is 0 Å². The number of carboxylic acid groups (broad SMARTS) is 1. The molecule has 5 heteroatoms. The van der Waals surface area contributed by atoms with Gasteiger partial charge < -0.3 is 20.1 Å². The minimum Gasteiger partial charge on any atom is -0.481 e. The van der Waals surface area contributed by atoms with Crippen LogP contribution in [0.5, 0.6) is 0 Å². The van der Waals surface area contributed by atoms with Gasteiger partial charge in [0.25, 0.3) is 0 Å². The summed E-state index contributed by atoms with van der Waals surface area (Å²) in [5.41, 5.74) is 0.693. The normalized spacial score (nSPS) is 39.7. The molecule has 84 valence electrons. The summed E-state index contributed by atoms with van der Waals surface area (Å²) >= 11 is 0. The summed E-state index contributed by atoms with van der Waals surface area (Å²) in [6, 6.07) is 0. The number of aliphatic hydroxyl groups excluding tert-OH is 2. The Kier molecular flexibility index (Phi) is 2.77. The third-order valence-electron chi connectivity index (χ3n) is 3.28. The molecule has 0 radical (unpaired) electrons. The highest BCUT2D eigenvalue weighted by Crippen LogP contribution is 2.40. The number of carbonyl (C=O) groups is 1. The van der Waals surface area contributed by atoms with Crippen molar-refractivity contribution in [1.29, 1.82) is 0 Å². The van der Waals surface area contributed by atoms with E-state index in [4.69, 9.17) is 14.9 Å². The van der Waals surface area contributed by atoms with Crippen molar-refractivity contribution in [2.24, 2.45) is 17.8 Å². The standard InChI is InChI=1S/C10H14O5/c11-2-5-1-8(12)9-6(5)3-15-4-7(9)10(13)14/h1,6-9,11-12H,2-4H2,(H,13,14). The van der Waals surface area contributed by atoms with Crippen LogP contribution in [0.25, 0.3) is 0 Å². The Morgan fingerprint density at radius 3 is 2.87 bits per heavy atom. The molecule has 0 amide bonds. The molecule has 2 aliphatic rings. The quantitative estimate of drug-likeness (QED) is 0.526. The largest absolute Gasteiger partial charge is 0.481 e. The maximum Gasteiger partial charge on any atom is 0.309 e. The molecule has 1 heterocycles. The lowest BCUT2D eigenvalue weighted by atomic mass is 9.79. The number of aliphatic hydroxyl groups is 2. The summed E-state index contributed by atoms with van der Waals surface area (Å²) in [6.45, 7) is 0.381. The Morgan fingerprint density at radius 2 is 2.27 bits per heavy atom. The summed E-state index contributed by atoms with van der Waals surface area (Å²) in [5, 5.41) is 27.8. The van der Waals surface area contributed by atoms with Crippen molar-refractivity contribution in [3.63, 3.8) is 0 Å². The van der Waals surface area contributed by atoms with Gasteiger partial charge in [-0.3, -0.25) is 4.79 Å². The van der Waals surface area contributed by atoms with Crippen molar-refractivity contribution >= 4 is 5.97 Å². The molecule has 0 aromatic rings. The van der Waals surface area contributed by atoms with Gasteiger partial charge in [0.15, 0.2) is 0 Å². The average Bonchev–Trinajstić information content (AvgIpc) is 2.55. The van der Waals surface area contributed by atoms with E-state index >= 15 is 0 Å². The molecule has 1 fully saturated rings. The number of fused-ring (bicyclic) bond motifs is 1. The van der Waals surface area contributed by atoms with Crippen molar-refractivity contribution in [3.05, 3.63) is 11.6 Å². The van der Waals surface area contributed by atoms with E-state index in [9.17, 15) is 9.90 Å². The van der Waals surface area contributed by atoms with Crippen molar-refractivity contribution in [3.8, 4) is 0 Å². The smallest absolute Gasteiger partial charge is 0.309 e. The fraction of sp³-hybridized carbons (Fsp3) is 0.700. The van der Waals surface area contributed by atoms with E-state index < -0.39 is 18.0 Å². The second-order valence-electron chi connectivity index (χ2n) is 4.06. The van der Waals surface area contributed by atoms with E-state index in [0.29, 0.717) is 12.2 Å². The monoisotopic (exact) mass is 214 g/mol. The van der Waals surface area contributed by atoms with E-state index in [-0.39, 0.29) is 25.0 Å². The highest BCUT2D eigenvalue weighted by atomic mass is 16.5. The minimum absolute atomic E-state index is 0.139. The number of hydrogen-bond acceptors (Lipinski definition) is 4. The summed E-state index contributed by atoms with van der Waals surface area (Å²) in [6.07, 6.45) is 0.780. The van der Waals surface area contributed by atoms with Gasteiger partial charge in [-0.25, -0.2) is 0 Å². The number of rotatable bonds is 2. The van der Waals surface area contributed by atoms with Crippen molar-refractivity contribution < 1.29 is 24.9 Å². The van der Waals surface area contributed by atoms with E-state index in [2.05, 4.69) is 0 Å². The molecule has 3 N–H and O–H groups in total. The first-order valence-electron chi connectivity index (χ1n) is 4.95. The minimum atomic E-state index is -0.948. The van der Waals surface area contributed by atoms with Crippen molar-refractivity contribution in [2.45, 2.75) is 6.10 Å². The molecule has 0 aromatic heterocycles. The summed E-state index contributed by atoms with van der Waals surface area (Å²) in [4.78, 5) is 11.0. The number of aliphatic carboxylic acids is 1. The molecular weight excluding hydrogens is 200 g/mol. The van der Waals surface area contributed by atoms with Crippen LogP contribution in [0.15, 0.2) is 11.6 Å². The molecule has 0 saturated carbocycles. The van der Waals surface area contributed by atoms with Gasteiger partial charge in [-0.15, -0.1) is 0 Å². The molecule has 0 spiro atoms. The predicted octanol–water partition coefficient (Wildman–Crippen LogP) is -0.757. The third kappa shape index (κ3) is 1.67. The van der Waals surface area contributed by atoms with Gasteiger partial charge in [0.1, 0.15) is 0 Å². The highest BCUT2D eigenvalue weighted by Gasteiger charge is 2.46. The second kappa shape index (κ2) is 3.92. The van der Waals surface area contributed by atoms with Crippen molar-refractivity contribution in [2.75, 3.05) is 19.8 Å². The molecule has 1 aliphatic heterocycles. The Bertz CT molecular complexity index is 298. The fourth-order valence-corrected chi connectivity index (χ4v) is 2.51. The summed E-state index contributed by atoms with van der Waals surface area (Å²) in [7, 11) is 0. The Morgan fingerprint density at radius 1 is 1.53 bits per heavy atom. The summed E-state index contributed by atoms with van der Waals surface area (Å²) < 4.78 is 5.19.